The van der Waals surface area contributed by atoms with Crippen LogP contribution in [0.5, 0.6) is 0 Å². The number of hydrogen-bond donors (Lipinski definition) is 1. The van der Waals surface area contributed by atoms with Crippen molar-refractivity contribution in [3.8, 4) is 0 Å². The van der Waals surface area contributed by atoms with E-state index < -0.39 is 0 Å². The molecule has 3 aromatic rings. The molecule has 1 N–H and O–H groups in total. The number of H-pyrrole nitrogens is 1. The number of nitrogens with one attached hydrogen (secondary N) is 1. The topological polar surface area (TPSA) is 36.1 Å². The Labute approximate surface area is 142 Å². The number of aryl methyl sites for hydroxylation is 1. The molecule has 24 heavy (non-hydrogen) atoms. The Morgan fingerprint density at radius 3 is 2.75 bits per heavy atom. The summed E-state index contributed by atoms with van der Waals surface area (Å²) in [6, 6.07) is 16.8. The number of amides is 1. The molecule has 1 aliphatic heterocycles. The van der Waals surface area contributed by atoms with E-state index in [9.17, 15) is 4.79 Å². The number of benzene rings is 2. The summed E-state index contributed by atoms with van der Waals surface area (Å²) >= 11 is 0. The van der Waals surface area contributed by atoms with Crippen LogP contribution >= 0.6 is 0 Å². The second-order valence-corrected chi connectivity index (χ2v) is 6.55. The van der Waals surface area contributed by atoms with Crippen molar-refractivity contribution in [2.45, 2.75) is 32.2 Å². The van der Waals surface area contributed by atoms with Gasteiger partial charge in [-0.2, -0.15) is 0 Å². The number of nitrogens with zero attached hydrogens (tertiary/aromatic N) is 1. The predicted octanol–water partition coefficient (Wildman–Crippen LogP) is 4.08. The van der Waals surface area contributed by atoms with Crippen LogP contribution in [0.2, 0.25) is 0 Å². The van der Waals surface area contributed by atoms with Gasteiger partial charge in [0.05, 0.1) is 0 Å². The molecule has 0 spiro atoms. The van der Waals surface area contributed by atoms with Crippen molar-refractivity contribution in [2.24, 2.45) is 0 Å². The van der Waals surface area contributed by atoms with Gasteiger partial charge < -0.3 is 9.88 Å². The van der Waals surface area contributed by atoms with Gasteiger partial charge in [-0.25, -0.2) is 0 Å². The van der Waals surface area contributed by atoms with Gasteiger partial charge in [-0.3, -0.25) is 4.79 Å². The lowest BCUT2D eigenvalue weighted by Crippen LogP contribution is -2.35. The molecular formula is C21H22N2O. The molecule has 1 amide bonds. The Morgan fingerprint density at radius 1 is 1.04 bits per heavy atom. The molecule has 0 fully saturated rings. The van der Waals surface area contributed by atoms with Crippen LogP contribution in [0.25, 0.3) is 10.9 Å². The molecule has 4 rings (SSSR count). The fourth-order valence-corrected chi connectivity index (χ4v) is 3.64. The smallest absolute Gasteiger partial charge is 0.222 e. The third-order valence-electron chi connectivity index (χ3n) is 5.00. The Balaban J connectivity index is 1.34. The van der Waals surface area contributed by atoms with E-state index in [0.717, 1.165) is 32.4 Å². The lowest BCUT2D eigenvalue weighted by molar-refractivity contribution is -0.132. The number of aromatic nitrogens is 1. The molecule has 0 aliphatic carbocycles. The average molecular weight is 318 g/mol. The van der Waals surface area contributed by atoms with Crippen molar-refractivity contribution in [2.75, 3.05) is 6.54 Å². The van der Waals surface area contributed by atoms with Crippen LogP contribution in [0.3, 0.4) is 0 Å². The fourth-order valence-electron chi connectivity index (χ4n) is 3.64. The minimum atomic E-state index is 0.282. The Hall–Kier alpha value is -2.55. The fraction of sp³-hybridized carbons (Fsp3) is 0.286. The van der Waals surface area contributed by atoms with Crippen LogP contribution in [0.15, 0.2) is 54.7 Å². The molecule has 122 valence electrons. The summed E-state index contributed by atoms with van der Waals surface area (Å²) in [5, 5.41) is 1.27. The summed E-state index contributed by atoms with van der Waals surface area (Å²) in [6.45, 7) is 1.62. The standard InChI is InChI=1S/C21H22N2O/c24-21(23-13-12-16-6-1-2-7-18(16)15-23)11-5-8-17-14-22-20-10-4-3-9-19(17)20/h1-4,6-7,9-10,14,22H,5,8,11-13,15H2. The van der Waals surface area contributed by atoms with Crippen molar-refractivity contribution in [1.29, 1.82) is 0 Å². The van der Waals surface area contributed by atoms with Gasteiger partial charge >= 0.3 is 0 Å². The van der Waals surface area contributed by atoms with E-state index >= 15 is 0 Å². The second kappa shape index (κ2) is 6.52. The predicted molar refractivity (Wildman–Crippen MR) is 96.8 cm³/mol. The summed E-state index contributed by atoms with van der Waals surface area (Å²) in [5.41, 5.74) is 5.17. The molecule has 2 heterocycles. The van der Waals surface area contributed by atoms with Gasteiger partial charge in [-0.1, -0.05) is 42.5 Å². The number of para-hydroxylation sites is 1. The SMILES string of the molecule is O=C(CCCc1c[nH]c2ccccc12)N1CCc2ccccc2C1. The highest BCUT2D eigenvalue weighted by atomic mass is 16.2. The molecule has 2 aromatic carbocycles. The Bertz CT molecular complexity index is 865. The van der Waals surface area contributed by atoms with E-state index in [0.29, 0.717) is 6.42 Å². The van der Waals surface area contributed by atoms with Crippen LogP contribution in [0, 0.1) is 0 Å². The van der Waals surface area contributed by atoms with Crippen LogP contribution in [0.4, 0.5) is 0 Å². The first-order valence-corrected chi connectivity index (χ1v) is 8.71. The summed E-state index contributed by atoms with van der Waals surface area (Å²) in [4.78, 5) is 17.8. The molecule has 1 aliphatic rings. The minimum absolute atomic E-state index is 0.282. The highest BCUT2D eigenvalue weighted by molar-refractivity contribution is 5.83. The zero-order valence-electron chi connectivity index (χ0n) is 13.8. The van der Waals surface area contributed by atoms with E-state index in [1.54, 1.807) is 0 Å². The maximum absolute atomic E-state index is 12.5. The van der Waals surface area contributed by atoms with Crippen molar-refractivity contribution < 1.29 is 4.79 Å². The minimum Gasteiger partial charge on any atom is -0.361 e. The number of rotatable bonds is 4. The second-order valence-electron chi connectivity index (χ2n) is 6.55. The van der Waals surface area contributed by atoms with Gasteiger partial charge in [-0.05, 0) is 42.0 Å². The summed E-state index contributed by atoms with van der Waals surface area (Å²) < 4.78 is 0. The maximum atomic E-state index is 12.5. The molecule has 0 saturated carbocycles. The van der Waals surface area contributed by atoms with Crippen LogP contribution in [-0.2, 0) is 24.2 Å². The highest BCUT2D eigenvalue weighted by Crippen LogP contribution is 2.21. The largest absolute Gasteiger partial charge is 0.361 e. The first-order chi connectivity index (χ1) is 11.8. The van der Waals surface area contributed by atoms with E-state index in [4.69, 9.17) is 0 Å². The monoisotopic (exact) mass is 318 g/mol. The van der Waals surface area contributed by atoms with E-state index in [1.165, 1.54) is 27.6 Å². The van der Waals surface area contributed by atoms with Crippen LogP contribution < -0.4 is 0 Å². The molecule has 0 saturated heterocycles. The number of carbonyl (C=O) groups excluding carboxylic acids is 1. The third kappa shape index (κ3) is 2.94. The van der Waals surface area contributed by atoms with Crippen molar-refractivity contribution in [3.05, 3.63) is 71.4 Å². The van der Waals surface area contributed by atoms with E-state index in [2.05, 4.69) is 53.6 Å². The average Bonchev–Trinajstić information content (AvgIpc) is 3.04. The van der Waals surface area contributed by atoms with Crippen molar-refractivity contribution in [1.82, 2.24) is 9.88 Å². The quantitative estimate of drug-likeness (QED) is 0.773. The van der Waals surface area contributed by atoms with Gasteiger partial charge in [0.15, 0.2) is 0 Å². The molecule has 0 bridgehead atoms. The van der Waals surface area contributed by atoms with Gasteiger partial charge in [0.25, 0.3) is 0 Å². The summed E-state index contributed by atoms with van der Waals surface area (Å²) in [6.07, 6.45) is 5.53. The molecular weight excluding hydrogens is 296 g/mol. The highest BCUT2D eigenvalue weighted by Gasteiger charge is 2.19. The lowest BCUT2D eigenvalue weighted by Gasteiger charge is -2.29. The van der Waals surface area contributed by atoms with Gasteiger partial charge in [-0.15, -0.1) is 0 Å². The van der Waals surface area contributed by atoms with E-state index in [-0.39, 0.29) is 5.91 Å². The molecule has 0 atom stereocenters. The lowest BCUT2D eigenvalue weighted by atomic mass is 9.99. The number of aromatic amines is 1. The van der Waals surface area contributed by atoms with Crippen molar-refractivity contribution >= 4 is 16.8 Å². The van der Waals surface area contributed by atoms with Gasteiger partial charge in [0, 0.05) is 36.6 Å². The van der Waals surface area contributed by atoms with Crippen LogP contribution in [-0.4, -0.2) is 22.3 Å². The third-order valence-corrected chi connectivity index (χ3v) is 5.00. The Morgan fingerprint density at radius 2 is 1.83 bits per heavy atom. The maximum Gasteiger partial charge on any atom is 0.222 e. The van der Waals surface area contributed by atoms with E-state index in [1.807, 2.05) is 11.0 Å². The normalized spacial score (nSPS) is 13.9. The molecule has 0 unspecified atom stereocenters. The number of fused-ring (bicyclic) bond motifs is 2. The summed E-state index contributed by atoms with van der Waals surface area (Å²) in [5.74, 6) is 0.282. The number of hydrogen-bond acceptors (Lipinski definition) is 1. The molecule has 3 heteroatoms. The zero-order valence-corrected chi connectivity index (χ0v) is 13.8. The summed E-state index contributed by atoms with van der Waals surface area (Å²) in [7, 11) is 0. The van der Waals surface area contributed by atoms with Crippen LogP contribution in [0.1, 0.15) is 29.5 Å². The number of carbonyl (C=O) groups is 1. The Kier molecular flexibility index (Phi) is 4.08. The molecule has 1 aromatic heterocycles. The molecule has 3 nitrogen and oxygen atoms in total. The van der Waals surface area contributed by atoms with Gasteiger partial charge in [0.1, 0.15) is 0 Å². The first-order valence-electron chi connectivity index (χ1n) is 8.71. The van der Waals surface area contributed by atoms with Gasteiger partial charge in [0.2, 0.25) is 5.91 Å². The zero-order chi connectivity index (χ0) is 16.4. The first kappa shape index (κ1) is 15.0. The molecule has 0 radical (unpaired) electrons. The van der Waals surface area contributed by atoms with Crippen molar-refractivity contribution in [3.63, 3.8) is 0 Å².